The Morgan fingerprint density at radius 3 is 3.12 bits per heavy atom. The first-order valence-electron chi connectivity index (χ1n) is 5.59. The Morgan fingerprint density at radius 2 is 2.31 bits per heavy atom. The van der Waals surface area contributed by atoms with Gasteiger partial charge < -0.3 is 4.74 Å². The molecule has 16 heavy (non-hydrogen) atoms. The third-order valence-corrected chi connectivity index (χ3v) is 3.87. The minimum absolute atomic E-state index is 0.127. The van der Waals surface area contributed by atoms with E-state index >= 15 is 0 Å². The van der Waals surface area contributed by atoms with Crippen LogP contribution in [-0.4, -0.2) is 16.4 Å². The maximum atomic E-state index is 5.78. The topological polar surface area (TPSA) is 27.1 Å². The summed E-state index contributed by atoms with van der Waals surface area (Å²) in [6.07, 6.45) is 5.53. The summed E-state index contributed by atoms with van der Waals surface area (Å²) in [5, 5.41) is 5.66. The molecule has 2 aromatic rings. The highest BCUT2D eigenvalue weighted by Gasteiger charge is 2.19. The van der Waals surface area contributed by atoms with E-state index in [2.05, 4.69) is 45.9 Å². The summed E-state index contributed by atoms with van der Waals surface area (Å²) >= 11 is 2.36. The first-order chi connectivity index (χ1) is 7.86. The van der Waals surface area contributed by atoms with Gasteiger partial charge in [-0.05, 0) is 47.9 Å². The molecule has 0 bridgehead atoms. The number of fused-ring (bicyclic) bond motifs is 1. The molecule has 0 aliphatic carbocycles. The third-order valence-electron chi connectivity index (χ3n) is 3.00. The molecule has 84 valence electrons. The highest BCUT2D eigenvalue weighted by molar-refractivity contribution is 14.1. The second kappa shape index (κ2) is 4.33. The van der Waals surface area contributed by atoms with Gasteiger partial charge in [0.05, 0.1) is 11.7 Å². The van der Waals surface area contributed by atoms with E-state index in [1.165, 1.54) is 27.3 Å². The fraction of sp³-hybridized carbons (Fsp3) is 0.417. The van der Waals surface area contributed by atoms with Crippen LogP contribution in [0.25, 0.3) is 10.9 Å². The SMILES string of the molecule is Ic1cccc2cnn(C3CCCCO3)c12. The van der Waals surface area contributed by atoms with Crippen molar-refractivity contribution in [2.75, 3.05) is 6.61 Å². The maximum Gasteiger partial charge on any atom is 0.150 e. The van der Waals surface area contributed by atoms with Gasteiger partial charge in [-0.3, -0.25) is 0 Å². The molecule has 1 unspecified atom stereocenters. The van der Waals surface area contributed by atoms with Gasteiger partial charge in [-0.25, -0.2) is 4.68 Å². The molecule has 1 aliphatic heterocycles. The van der Waals surface area contributed by atoms with Gasteiger partial charge in [-0.2, -0.15) is 5.10 Å². The second-order valence-electron chi connectivity index (χ2n) is 4.09. The van der Waals surface area contributed by atoms with Gasteiger partial charge in [-0.15, -0.1) is 0 Å². The molecule has 0 N–H and O–H groups in total. The zero-order valence-electron chi connectivity index (χ0n) is 8.90. The second-order valence-corrected chi connectivity index (χ2v) is 5.25. The minimum atomic E-state index is 0.127. The van der Waals surface area contributed by atoms with E-state index < -0.39 is 0 Å². The highest BCUT2D eigenvalue weighted by Crippen LogP contribution is 2.28. The number of aromatic nitrogens is 2. The number of rotatable bonds is 1. The molecule has 1 saturated heterocycles. The van der Waals surface area contributed by atoms with Gasteiger partial charge in [0.1, 0.15) is 0 Å². The average molecular weight is 328 g/mol. The Morgan fingerprint density at radius 1 is 1.38 bits per heavy atom. The molecule has 0 spiro atoms. The van der Waals surface area contributed by atoms with Gasteiger partial charge in [-0.1, -0.05) is 12.1 Å². The van der Waals surface area contributed by atoms with E-state index in [-0.39, 0.29) is 6.23 Å². The molecule has 0 radical (unpaired) electrons. The third kappa shape index (κ3) is 1.73. The summed E-state index contributed by atoms with van der Waals surface area (Å²) in [6, 6.07) is 6.28. The van der Waals surface area contributed by atoms with Crippen LogP contribution in [0.2, 0.25) is 0 Å². The van der Waals surface area contributed by atoms with E-state index in [0.29, 0.717) is 0 Å². The molecule has 4 heteroatoms. The van der Waals surface area contributed by atoms with Crippen LogP contribution in [0, 0.1) is 3.57 Å². The van der Waals surface area contributed by atoms with Crippen molar-refractivity contribution in [2.24, 2.45) is 0 Å². The normalized spacial score (nSPS) is 21.4. The van der Waals surface area contributed by atoms with E-state index in [1.54, 1.807) is 0 Å². The number of halogens is 1. The molecule has 1 atom stereocenters. The Labute approximate surface area is 108 Å². The number of nitrogens with zero attached hydrogens (tertiary/aromatic N) is 2. The largest absolute Gasteiger partial charge is 0.356 e. The molecule has 2 heterocycles. The van der Waals surface area contributed by atoms with Crippen molar-refractivity contribution in [1.82, 2.24) is 9.78 Å². The van der Waals surface area contributed by atoms with Crippen molar-refractivity contribution in [1.29, 1.82) is 0 Å². The quantitative estimate of drug-likeness (QED) is 0.751. The molecule has 1 aromatic heterocycles. The van der Waals surface area contributed by atoms with E-state index in [1.807, 2.05) is 10.9 Å². The lowest BCUT2D eigenvalue weighted by molar-refractivity contribution is -0.0367. The fourth-order valence-electron chi connectivity index (χ4n) is 2.19. The monoisotopic (exact) mass is 328 g/mol. The Balaban J connectivity index is 2.09. The lowest BCUT2D eigenvalue weighted by Gasteiger charge is -2.23. The highest BCUT2D eigenvalue weighted by atomic mass is 127. The first kappa shape index (κ1) is 10.5. The molecule has 3 rings (SSSR count). The minimum Gasteiger partial charge on any atom is -0.356 e. The summed E-state index contributed by atoms with van der Waals surface area (Å²) in [5.41, 5.74) is 1.20. The van der Waals surface area contributed by atoms with E-state index in [4.69, 9.17) is 4.74 Å². The summed E-state index contributed by atoms with van der Waals surface area (Å²) in [5.74, 6) is 0. The lowest BCUT2D eigenvalue weighted by Crippen LogP contribution is -2.19. The van der Waals surface area contributed by atoms with Crippen LogP contribution < -0.4 is 0 Å². The van der Waals surface area contributed by atoms with Gasteiger partial charge in [0.25, 0.3) is 0 Å². The van der Waals surface area contributed by atoms with Gasteiger partial charge in [0, 0.05) is 15.6 Å². The zero-order valence-corrected chi connectivity index (χ0v) is 11.1. The van der Waals surface area contributed by atoms with Crippen LogP contribution in [0.15, 0.2) is 24.4 Å². The summed E-state index contributed by atoms with van der Waals surface area (Å²) < 4.78 is 9.06. The predicted octanol–water partition coefficient (Wildman–Crippen LogP) is 3.34. The van der Waals surface area contributed by atoms with Crippen molar-refractivity contribution in [3.63, 3.8) is 0 Å². The van der Waals surface area contributed by atoms with Crippen molar-refractivity contribution in [3.05, 3.63) is 28.0 Å². The smallest absolute Gasteiger partial charge is 0.150 e. The van der Waals surface area contributed by atoms with Crippen LogP contribution in [0.1, 0.15) is 25.5 Å². The zero-order chi connectivity index (χ0) is 11.0. The van der Waals surface area contributed by atoms with Crippen molar-refractivity contribution < 1.29 is 4.74 Å². The molecule has 3 nitrogen and oxygen atoms in total. The van der Waals surface area contributed by atoms with Crippen LogP contribution in [0.4, 0.5) is 0 Å². The van der Waals surface area contributed by atoms with E-state index in [9.17, 15) is 0 Å². The fourth-order valence-corrected chi connectivity index (χ4v) is 2.96. The van der Waals surface area contributed by atoms with Crippen LogP contribution in [-0.2, 0) is 4.74 Å². The summed E-state index contributed by atoms with van der Waals surface area (Å²) in [4.78, 5) is 0. The number of benzene rings is 1. The lowest BCUT2D eigenvalue weighted by atomic mass is 10.2. The predicted molar refractivity (Wildman–Crippen MR) is 71.3 cm³/mol. The summed E-state index contributed by atoms with van der Waals surface area (Å²) in [7, 11) is 0. The first-order valence-corrected chi connectivity index (χ1v) is 6.67. The molecular formula is C12H13IN2O. The number of ether oxygens (including phenoxy) is 1. The Bertz CT molecular complexity index is 503. The number of hydrogen-bond acceptors (Lipinski definition) is 2. The summed E-state index contributed by atoms with van der Waals surface area (Å²) in [6.45, 7) is 0.857. The van der Waals surface area contributed by atoms with Crippen molar-refractivity contribution in [3.8, 4) is 0 Å². The number of para-hydroxylation sites is 1. The molecule has 1 aliphatic rings. The standard InChI is InChI=1S/C12H13IN2O/c13-10-5-3-4-9-8-14-15(12(9)10)11-6-1-2-7-16-11/h3-5,8,11H,1-2,6-7H2. The van der Waals surface area contributed by atoms with Gasteiger partial charge >= 0.3 is 0 Å². The van der Waals surface area contributed by atoms with Crippen molar-refractivity contribution in [2.45, 2.75) is 25.5 Å². The molecule has 1 fully saturated rings. The maximum absolute atomic E-state index is 5.78. The van der Waals surface area contributed by atoms with Gasteiger partial charge in [0.15, 0.2) is 6.23 Å². The average Bonchev–Trinajstić information content (AvgIpc) is 2.75. The number of hydrogen-bond donors (Lipinski definition) is 0. The Kier molecular flexibility index (Phi) is 2.85. The van der Waals surface area contributed by atoms with Crippen molar-refractivity contribution >= 4 is 33.5 Å². The molecule has 1 aromatic carbocycles. The molecular weight excluding hydrogens is 315 g/mol. The van der Waals surface area contributed by atoms with E-state index in [0.717, 1.165) is 13.0 Å². The molecule has 0 amide bonds. The van der Waals surface area contributed by atoms with Crippen LogP contribution >= 0.6 is 22.6 Å². The van der Waals surface area contributed by atoms with Crippen LogP contribution in [0.5, 0.6) is 0 Å². The van der Waals surface area contributed by atoms with Gasteiger partial charge in [0.2, 0.25) is 0 Å². The van der Waals surface area contributed by atoms with Crippen LogP contribution in [0.3, 0.4) is 0 Å². The molecule has 0 saturated carbocycles. The Hall–Kier alpha value is -0.620.